The molecule has 258 valence electrons. The average molecular weight is 668 g/mol. The molecule has 2 aliphatic heterocycles. The van der Waals surface area contributed by atoms with Crippen LogP contribution in [0.2, 0.25) is 0 Å². The molecule has 2 aliphatic rings. The zero-order chi connectivity index (χ0) is 34.7. The van der Waals surface area contributed by atoms with E-state index < -0.39 is 18.1 Å². The van der Waals surface area contributed by atoms with Crippen molar-refractivity contribution in [2.75, 3.05) is 13.7 Å². The van der Waals surface area contributed by atoms with E-state index in [-0.39, 0.29) is 67.3 Å². The second kappa shape index (κ2) is 14.6. The highest BCUT2D eigenvalue weighted by molar-refractivity contribution is 5.96. The molecular formula is C37H45N7O5. The van der Waals surface area contributed by atoms with Crippen LogP contribution in [0.1, 0.15) is 62.4 Å². The van der Waals surface area contributed by atoms with Gasteiger partial charge in [0.15, 0.2) is 0 Å². The number of H-pyrrole nitrogens is 1. The number of benzene rings is 2. The van der Waals surface area contributed by atoms with Gasteiger partial charge in [0.05, 0.1) is 18.9 Å². The maximum absolute atomic E-state index is 14.5. The van der Waals surface area contributed by atoms with Crippen LogP contribution >= 0.6 is 0 Å². The smallest absolute Gasteiger partial charge is 0.254 e. The van der Waals surface area contributed by atoms with Gasteiger partial charge in [0.1, 0.15) is 23.5 Å². The Bertz CT molecular complexity index is 1830. The minimum atomic E-state index is -0.899. The summed E-state index contributed by atoms with van der Waals surface area (Å²) in [5.74, 6) is -0.325. The quantitative estimate of drug-likeness (QED) is 0.236. The molecule has 0 bridgehead atoms. The molecule has 12 nitrogen and oxygen atoms in total. The second-order valence-electron chi connectivity index (χ2n) is 13.7. The van der Waals surface area contributed by atoms with Crippen LogP contribution in [0.4, 0.5) is 0 Å². The third kappa shape index (κ3) is 7.48. The van der Waals surface area contributed by atoms with E-state index in [0.717, 1.165) is 22.9 Å². The Morgan fingerprint density at radius 1 is 1.06 bits per heavy atom. The number of aromatic nitrogens is 3. The van der Waals surface area contributed by atoms with Gasteiger partial charge in [-0.05, 0) is 54.9 Å². The molecule has 0 spiro atoms. The van der Waals surface area contributed by atoms with Crippen molar-refractivity contribution < 1.29 is 23.9 Å². The van der Waals surface area contributed by atoms with E-state index in [2.05, 4.69) is 39.9 Å². The maximum Gasteiger partial charge on any atom is 0.254 e. The van der Waals surface area contributed by atoms with Crippen LogP contribution < -0.4 is 20.7 Å². The molecule has 2 aromatic heterocycles. The molecule has 5 atom stereocenters. The number of hydrogen-bond acceptors (Lipinski definition) is 6. The van der Waals surface area contributed by atoms with Gasteiger partial charge in [-0.3, -0.25) is 19.2 Å². The van der Waals surface area contributed by atoms with Crippen molar-refractivity contribution >= 4 is 34.5 Å². The van der Waals surface area contributed by atoms with Crippen LogP contribution in [0.5, 0.6) is 5.75 Å². The van der Waals surface area contributed by atoms with Gasteiger partial charge in [0, 0.05) is 54.8 Å². The van der Waals surface area contributed by atoms with Crippen LogP contribution in [0.15, 0.2) is 67.1 Å². The number of ether oxygens (including phenoxy) is 1. The number of amides is 4. The highest BCUT2D eigenvalue weighted by Crippen LogP contribution is 2.26. The first kappa shape index (κ1) is 33.8. The molecule has 4 N–H and O–H groups in total. The van der Waals surface area contributed by atoms with Crippen LogP contribution in [0, 0.1) is 11.8 Å². The predicted octanol–water partition coefficient (Wildman–Crippen LogP) is 3.75. The van der Waals surface area contributed by atoms with E-state index in [1.54, 1.807) is 18.0 Å². The van der Waals surface area contributed by atoms with Gasteiger partial charge < -0.3 is 30.6 Å². The van der Waals surface area contributed by atoms with Crippen LogP contribution in [0.3, 0.4) is 0 Å². The van der Waals surface area contributed by atoms with Crippen molar-refractivity contribution in [3.8, 4) is 11.4 Å². The Hall–Kier alpha value is -5.13. The molecule has 2 fully saturated rings. The average Bonchev–Trinajstić information content (AvgIpc) is 3.85. The van der Waals surface area contributed by atoms with Crippen molar-refractivity contribution in [2.24, 2.45) is 11.8 Å². The van der Waals surface area contributed by atoms with Gasteiger partial charge >= 0.3 is 0 Å². The van der Waals surface area contributed by atoms with Crippen molar-refractivity contribution in [3.05, 3.63) is 78.2 Å². The van der Waals surface area contributed by atoms with Crippen LogP contribution in [-0.2, 0) is 20.8 Å². The number of para-hydroxylation sites is 3. The van der Waals surface area contributed by atoms with Crippen molar-refractivity contribution in [1.82, 2.24) is 35.6 Å². The van der Waals surface area contributed by atoms with Crippen LogP contribution in [0.25, 0.3) is 16.6 Å². The lowest BCUT2D eigenvalue weighted by Gasteiger charge is -2.30. The normalized spacial score (nSPS) is 23.7. The monoisotopic (exact) mass is 667 g/mol. The van der Waals surface area contributed by atoms with Gasteiger partial charge in [0.2, 0.25) is 17.7 Å². The molecule has 2 saturated heterocycles. The van der Waals surface area contributed by atoms with Gasteiger partial charge in [-0.1, -0.05) is 51.1 Å². The third-order valence-electron chi connectivity index (χ3n) is 9.77. The van der Waals surface area contributed by atoms with Crippen molar-refractivity contribution in [3.63, 3.8) is 0 Å². The number of rotatable bonds is 7. The summed E-state index contributed by atoms with van der Waals surface area (Å²) in [4.78, 5) is 60.1. The van der Waals surface area contributed by atoms with E-state index in [4.69, 9.17) is 4.74 Å². The fourth-order valence-corrected chi connectivity index (χ4v) is 7.00. The highest BCUT2D eigenvalue weighted by Gasteiger charge is 2.43. The second-order valence-corrected chi connectivity index (χ2v) is 13.7. The molecule has 4 aromatic rings. The first-order chi connectivity index (χ1) is 23.6. The predicted molar refractivity (Wildman–Crippen MR) is 185 cm³/mol. The summed E-state index contributed by atoms with van der Waals surface area (Å²) in [6.45, 7) is 6.26. The Morgan fingerprint density at radius 2 is 1.84 bits per heavy atom. The summed E-state index contributed by atoms with van der Waals surface area (Å²) in [5, 5.41) is 14.6. The molecule has 49 heavy (non-hydrogen) atoms. The lowest BCUT2D eigenvalue weighted by Crippen LogP contribution is -2.55. The highest BCUT2D eigenvalue weighted by atomic mass is 16.5. The summed E-state index contributed by atoms with van der Waals surface area (Å²) < 4.78 is 7.02. The first-order valence-corrected chi connectivity index (χ1v) is 17.0. The topological polar surface area (TPSA) is 150 Å². The van der Waals surface area contributed by atoms with E-state index in [1.165, 1.54) is 11.1 Å². The van der Waals surface area contributed by atoms with Crippen molar-refractivity contribution in [1.29, 1.82) is 0 Å². The Labute approximate surface area is 285 Å². The molecule has 12 heteroatoms. The van der Waals surface area contributed by atoms with Gasteiger partial charge in [-0.15, -0.1) is 0 Å². The molecule has 0 saturated carbocycles. The number of fused-ring (bicyclic) bond motifs is 2. The third-order valence-corrected chi connectivity index (χ3v) is 9.77. The SMILES string of the molecule is COc1ccccc1-n1cc(C(=O)N[C@@H]2C[C@H]3C(=O)N[C@H](C(C)C)CC[C@@H](C)CC(=O)N[C@H](Cc4c[nH]c5ccccc45)C(=O)N3C2)cn1. The summed E-state index contributed by atoms with van der Waals surface area (Å²) in [6, 6.07) is 12.8. The van der Waals surface area contributed by atoms with E-state index in [9.17, 15) is 19.2 Å². The molecule has 6 rings (SSSR count). The number of carbonyl (C=O) groups is 4. The number of methoxy groups -OCH3 is 1. The molecular weight excluding hydrogens is 622 g/mol. The fraction of sp³-hybridized carbons (Fsp3) is 0.432. The van der Waals surface area contributed by atoms with Crippen molar-refractivity contribution in [2.45, 2.75) is 77.0 Å². The Balaban J connectivity index is 1.27. The minimum Gasteiger partial charge on any atom is -0.494 e. The Morgan fingerprint density at radius 3 is 2.63 bits per heavy atom. The zero-order valence-corrected chi connectivity index (χ0v) is 28.4. The van der Waals surface area contributed by atoms with Gasteiger partial charge in [-0.2, -0.15) is 5.10 Å². The number of aromatic amines is 1. The number of nitrogens with one attached hydrogen (secondary N) is 4. The summed E-state index contributed by atoms with van der Waals surface area (Å²) >= 11 is 0. The largest absolute Gasteiger partial charge is 0.494 e. The summed E-state index contributed by atoms with van der Waals surface area (Å²) in [7, 11) is 1.57. The lowest BCUT2D eigenvalue weighted by molar-refractivity contribution is -0.141. The number of carbonyl (C=O) groups excluding carboxylic acids is 4. The fourth-order valence-electron chi connectivity index (χ4n) is 7.00. The van der Waals surface area contributed by atoms with E-state index in [0.29, 0.717) is 23.4 Å². The first-order valence-electron chi connectivity index (χ1n) is 17.0. The number of hydrogen-bond donors (Lipinski definition) is 4. The summed E-state index contributed by atoms with van der Waals surface area (Å²) in [5.41, 5.74) is 2.84. The maximum atomic E-state index is 14.5. The zero-order valence-electron chi connectivity index (χ0n) is 28.4. The lowest BCUT2D eigenvalue weighted by atomic mass is 9.92. The van der Waals surface area contributed by atoms with Gasteiger partial charge in [0.25, 0.3) is 5.91 Å². The standard InChI is InChI=1S/C37H45N7O5/c1-22(2)28-14-13-23(3)15-34(45)41-30(16-24-18-38-29-10-6-5-9-27(24)29)37(48)43-21-26(17-32(43)36(47)42-28)40-35(46)25-19-39-44(20-25)31-11-7-8-12-33(31)49-4/h5-12,18-20,22-23,26,28,30,32,38H,13-17,21H2,1-4H3,(H,40,46)(H,41,45)(H,42,47)/t23-,26-,28+,30-,32+/m1/s1. The molecule has 4 amide bonds. The van der Waals surface area contributed by atoms with E-state index >= 15 is 0 Å². The molecule has 0 radical (unpaired) electrons. The van der Waals surface area contributed by atoms with Crippen LogP contribution in [-0.4, -0.2) is 81.1 Å². The van der Waals surface area contributed by atoms with E-state index in [1.807, 2.05) is 61.7 Å². The minimum absolute atomic E-state index is 0.0782. The molecule has 0 aliphatic carbocycles. The molecule has 0 unspecified atom stereocenters. The Kier molecular flexibility index (Phi) is 10.0. The molecule has 2 aromatic carbocycles. The molecule has 4 heterocycles. The van der Waals surface area contributed by atoms with Gasteiger partial charge in [-0.25, -0.2) is 4.68 Å². The number of nitrogens with zero attached hydrogens (tertiary/aromatic N) is 3. The summed E-state index contributed by atoms with van der Waals surface area (Å²) in [6.07, 6.45) is 7.20.